The minimum Gasteiger partial charge on any atom is -0.469 e. The average Bonchev–Trinajstić information content (AvgIpc) is 2.22. The molecule has 3 nitrogen and oxygen atoms in total. The molecule has 7 heteroatoms. The van der Waals surface area contributed by atoms with Crippen LogP contribution in [0.4, 0.5) is 13.2 Å². The second-order valence-corrected chi connectivity index (χ2v) is 4.01. The van der Waals surface area contributed by atoms with E-state index in [1.807, 2.05) is 0 Å². The van der Waals surface area contributed by atoms with Crippen molar-refractivity contribution in [3.8, 4) is 0 Å². The van der Waals surface area contributed by atoms with Crippen molar-refractivity contribution in [3.63, 3.8) is 0 Å². The molecule has 0 saturated heterocycles. The molecule has 88 valence electrons. The van der Waals surface area contributed by atoms with Crippen LogP contribution in [0.15, 0.2) is 6.07 Å². The van der Waals surface area contributed by atoms with Gasteiger partial charge < -0.3 is 4.74 Å². The molecule has 0 aliphatic rings. The Kier molecular flexibility index (Phi) is 4.51. The number of ether oxygens (including phenoxy) is 1. The molecule has 0 radical (unpaired) electrons. The van der Waals surface area contributed by atoms with Gasteiger partial charge in [-0.15, -0.1) is 0 Å². The zero-order valence-electron chi connectivity index (χ0n) is 8.14. The Morgan fingerprint density at radius 3 is 2.69 bits per heavy atom. The lowest BCUT2D eigenvalue weighted by molar-refractivity contribution is -0.139. The van der Waals surface area contributed by atoms with Gasteiger partial charge in [0.05, 0.1) is 13.5 Å². The fourth-order valence-electron chi connectivity index (χ4n) is 1.01. The molecule has 0 N–H and O–H groups in total. The Labute approximate surface area is 103 Å². The van der Waals surface area contributed by atoms with Crippen molar-refractivity contribution in [3.05, 3.63) is 26.8 Å². The van der Waals surface area contributed by atoms with Crippen LogP contribution in [0.2, 0.25) is 0 Å². The molecule has 0 amide bonds. The highest BCUT2D eigenvalue weighted by molar-refractivity contribution is 14.1. The number of carbonyl (C=O) groups excluding carboxylic acids is 1. The maximum Gasteiger partial charge on any atom is 0.310 e. The average molecular weight is 345 g/mol. The summed E-state index contributed by atoms with van der Waals surface area (Å²) in [5.74, 6) is -1.71. The van der Waals surface area contributed by atoms with Crippen molar-refractivity contribution in [2.45, 2.75) is 12.8 Å². The molecule has 0 fully saturated rings. The summed E-state index contributed by atoms with van der Waals surface area (Å²) < 4.78 is 42.4. The van der Waals surface area contributed by atoms with Crippen LogP contribution < -0.4 is 0 Å². The fraction of sp³-hybridized carbons (Fsp3) is 0.333. The molecule has 0 saturated carbocycles. The van der Waals surface area contributed by atoms with E-state index in [9.17, 15) is 18.0 Å². The number of rotatable bonds is 3. The van der Waals surface area contributed by atoms with Gasteiger partial charge in [-0.1, -0.05) is 0 Å². The number of halogens is 4. The van der Waals surface area contributed by atoms with E-state index in [4.69, 9.17) is 0 Å². The summed E-state index contributed by atoms with van der Waals surface area (Å²) in [6.07, 6.45) is -3.16. The summed E-state index contributed by atoms with van der Waals surface area (Å²) >= 11 is 1.67. The molecule has 0 aromatic carbocycles. The molecular weight excluding hydrogens is 338 g/mol. The smallest absolute Gasteiger partial charge is 0.310 e. The normalized spacial score (nSPS) is 10.6. The first-order valence-electron chi connectivity index (χ1n) is 4.15. The second kappa shape index (κ2) is 5.46. The van der Waals surface area contributed by atoms with E-state index in [-0.39, 0.29) is 15.6 Å². The van der Waals surface area contributed by atoms with Crippen molar-refractivity contribution >= 4 is 28.6 Å². The number of alkyl halides is 2. The first-order chi connectivity index (χ1) is 7.45. The number of pyridine rings is 1. The van der Waals surface area contributed by atoms with Crippen LogP contribution in [-0.4, -0.2) is 18.1 Å². The minimum atomic E-state index is -2.84. The van der Waals surface area contributed by atoms with Crippen LogP contribution in [0.3, 0.4) is 0 Å². The van der Waals surface area contributed by atoms with E-state index < -0.39 is 24.0 Å². The van der Waals surface area contributed by atoms with Gasteiger partial charge in [0.15, 0.2) is 0 Å². The van der Waals surface area contributed by atoms with Crippen molar-refractivity contribution in [2.24, 2.45) is 0 Å². The van der Waals surface area contributed by atoms with Gasteiger partial charge in [0, 0.05) is 9.13 Å². The van der Waals surface area contributed by atoms with Crippen LogP contribution in [-0.2, 0) is 16.0 Å². The lowest BCUT2D eigenvalue weighted by Gasteiger charge is -2.06. The Morgan fingerprint density at radius 2 is 2.25 bits per heavy atom. The molecule has 1 rings (SSSR count). The van der Waals surface area contributed by atoms with Gasteiger partial charge in [-0.3, -0.25) is 4.79 Å². The zero-order chi connectivity index (χ0) is 12.3. The SMILES string of the molecule is COC(=O)Cc1c(I)cc(C(F)F)nc1F. The number of nitrogens with zero attached hydrogens (tertiary/aromatic N) is 1. The number of esters is 1. The molecule has 16 heavy (non-hydrogen) atoms. The van der Waals surface area contributed by atoms with Crippen LogP contribution in [0, 0.1) is 9.52 Å². The Bertz CT molecular complexity index is 389. The van der Waals surface area contributed by atoms with Gasteiger partial charge in [-0.05, 0) is 28.7 Å². The fourth-order valence-corrected chi connectivity index (χ4v) is 1.75. The summed E-state index contributed by atoms with van der Waals surface area (Å²) in [6, 6.07) is 1.05. The summed E-state index contributed by atoms with van der Waals surface area (Å²) in [7, 11) is 1.16. The standard InChI is InChI=1S/C9H7F3INO2/c1-16-7(15)2-4-5(13)3-6(8(10)11)14-9(4)12/h3,8H,2H2,1H3. The zero-order valence-corrected chi connectivity index (χ0v) is 10.3. The van der Waals surface area contributed by atoms with Crippen molar-refractivity contribution in [1.29, 1.82) is 0 Å². The number of hydrogen-bond donors (Lipinski definition) is 0. The second-order valence-electron chi connectivity index (χ2n) is 2.85. The summed E-state index contributed by atoms with van der Waals surface area (Å²) in [5, 5.41) is 0. The molecule has 0 atom stereocenters. The monoisotopic (exact) mass is 345 g/mol. The molecule has 0 aliphatic carbocycles. The van der Waals surface area contributed by atoms with E-state index in [1.165, 1.54) is 0 Å². The van der Waals surface area contributed by atoms with Crippen molar-refractivity contribution in [2.75, 3.05) is 7.11 Å². The lowest BCUT2D eigenvalue weighted by atomic mass is 10.2. The Hall–Kier alpha value is -0.860. The van der Waals surface area contributed by atoms with Crippen molar-refractivity contribution < 1.29 is 22.7 Å². The van der Waals surface area contributed by atoms with Crippen LogP contribution in [0.1, 0.15) is 17.7 Å². The molecule has 0 bridgehead atoms. The third kappa shape index (κ3) is 3.06. The van der Waals surface area contributed by atoms with E-state index in [2.05, 4.69) is 9.72 Å². The van der Waals surface area contributed by atoms with E-state index in [0.717, 1.165) is 13.2 Å². The first kappa shape index (κ1) is 13.2. The highest BCUT2D eigenvalue weighted by Crippen LogP contribution is 2.23. The van der Waals surface area contributed by atoms with E-state index in [1.54, 1.807) is 22.6 Å². The van der Waals surface area contributed by atoms with E-state index in [0.29, 0.717) is 0 Å². The Balaban J connectivity index is 3.07. The maximum absolute atomic E-state index is 13.3. The van der Waals surface area contributed by atoms with E-state index >= 15 is 0 Å². The molecule has 0 aliphatic heterocycles. The predicted molar refractivity (Wildman–Crippen MR) is 57.6 cm³/mol. The highest BCUT2D eigenvalue weighted by atomic mass is 127. The molecule has 1 aromatic heterocycles. The number of aromatic nitrogens is 1. The largest absolute Gasteiger partial charge is 0.469 e. The summed E-state index contributed by atoms with van der Waals surface area (Å²) in [4.78, 5) is 14.0. The third-order valence-electron chi connectivity index (χ3n) is 1.81. The third-order valence-corrected chi connectivity index (χ3v) is 2.77. The van der Waals surface area contributed by atoms with Gasteiger partial charge >= 0.3 is 5.97 Å². The van der Waals surface area contributed by atoms with Gasteiger partial charge in [0.1, 0.15) is 5.69 Å². The topological polar surface area (TPSA) is 39.2 Å². The molecular formula is C9H7F3INO2. The van der Waals surface area contributed by atoms with Gasteiger partial charge in [0.2, 0.25) is 5.95 Å². The van der Waals surface area contributed by atoms with Crippen LogP contribution in [0.25, 0.3) is 0 Å². The van der Waals surface area contributed by atoms with Gasteiger partial charge in [-0.25, -0.2) is 13.8 Å². The Morgan fingerprint density at radius 1 is 1.62 bits per heavy atom. The summed E-state index contributed by atoms with van der Waals surface area (Å²) in [5.41, 5.74) is -0.674. The lowest BCUT2D eigenvalue weighted by Crippen LogP contribution is -2.10. The first-order valence-corrected chi connectivity index (χ1v) is 5.23. The number of hydrogen-bond acceptors (Lipinski definition) is 3. The van der Waals surface area contributed by atoms with Crippen molar-refractivity contribution in [1.82, 2.24) is 4.98 Å². The highest BCUT2D eigenvalue weighted by Gasteiger charge is 2.18. The quantitative estimate of drug-likeness (QED) is 0.480. The summed E-state index contributed by atoms with van der Waals surface area (Å²) in [6.45, 7) is 0. The number of carbonyl (C=O) groups is 1. The minimum absolute atomic E-state index is 0.0307. The van der Waals surface area contributed by atoms with Crippen LogP contribution in [0.5, 0.6) is 0 Å². The van der Waals surface area contributed by atoms with Crippen LogP contribution >= 0.6 is 22.6 Å². The number of methoxy groups -OCH3 is 1. The maximum atomic E-state index is 13.3. The van der Waals surface area contributed by atoms with Gasteiger partial charge in [0.25, 0.3) is 6.43 Å². The van der Waals surface area contributed by atoms with Gasteiger partial charge in [-0.2, -0.15) is 4.39 Å². The molecule has 0 unspecified atom stereocenters. The molecule has 0 spiro atoms. The molecule has 1 aromatic rings. The predicted octanol–water partition coefficient (Wildman–Crippen LogP) is 2.48. The molecule has 1 heterocycles.